The molecule has 10 heteroatoms. The van der Waals surface area contributed by atoms with Gasteiger partial charge in [0, 0.05) is 63.5 Å². The smallest absolute Gasteiger partial charge is 0.328 e. The fraction of sp³-hybridized carbons (Fsp3) is 0.478. The highest BCUT2D eigenvalue weighted by Crippen LogP contribution is 2.20. The molecule has 0 aliphatic carbocycles. The van der Waals surface area contributed by atoms with Crippen molar-refractivity contribution in [1.29, 1.82) is 0 Å². The molecule has 2 saturated heterocycles. The Morgan fingerprint density at radius 3 is 2.48 bits per heavy atom. The lowest BCUT2D eigenvalue weighted by Gasteiger charge is -2.32. The van der Waals surface area contributed by atoms with Crippen LogP contribution in [0.15, 0.2) is 35.3 Å². The third kappa shape index (κ3) is 4.68. The van der Waals surface area contributed by atoms with Gasteiger partial charge in [-0.05, 0) is 19.2 Å². The zero-order chi connectivity index (χ0) is 22.8. The normalized spacial score (nSPS) is 18.2. The number of aromatic amines is 1. The first kappa shape index (κ1) is 21.7. The first-order valence-electron chi connectivity index (χ1n) is 11.4. The lowest BCUT2D eigenvalue weighted by atomic mass is 10.1. The van der Waals surface area contributed by atoms with Gasteiger partial charge in [-0.25, -0.2) is 14.8 Å². The molecule has 1 aromatic carbocycles. The minimum atomic E-state index is -0.205. The number of fused-ring (bicyclic) bond motifs is 1. The summed E-state index contributed by atoms with van der Waals surface area (Å²) in [5.74, 6) is 0.0544. The Kier molecular flexibility index (Phi) is 6.21. The average Bonchev–Trinajstić information content (AvgIpc) is 3.17. The highest BCUT2D eigenvalue weighted by molar-refractivity contribution is 5.94. The van der Waals surface area contributed by atoms with Crippen molar-refractivity contribution >= 4 is 17.2 Å². The van der Waals surface area contributed by atoms with Crippen LogP contribution < -0.4 is 5.69 Å². The van der Waals surface area contributed by atoms with Crippen molar-refractivity contribution < 1.29 is 9.53 Å². The molecule has 2 aliphatic rings. The lowest BCUT2D eigenvalue weighted by Crippen LogP contribution is -2.47. The molecule has 2 aliphatic heterocycles. The van der Waals surface area contributed by atoms with Crippen LogP contribution in [0.4, 0.5) is 0 Å². The second-order valence-electron chi connectivity index (χ2n) is 8.64. The van der Waals surface area contributed by atoms with Crippen molar-refractivity contribution in [3.8, 4) is 11.3 Å². The molecule has 0 radical (unpaired) electrons. The van der Waals surface area contributed by atoms with Crippen LogP contribution >= 0.6 is 0 Å². The van der Waals surface area contributed by atoms with E-state index in [9.17, 15) is 9.59 Å². The van der Waals surface area contributed by atoms with Gasteiger partial charge in [0.25, 0.3) is 5.91 Å². The largest absolute Gasteiger partial charge is 0.379 e. The summed E-state index contributed by atoms with van der Waals surface area (Å²) < 4.78 is 7.04. The summed E-state index contributed by atoms with van der Waals surface area (Å²) >= 11 is 0. The van der Waals surface area contributed by atoms with E-state index in [1.807, 2.05) is 29.2 Å². The van der Waals surface area contributed by atoms with Crippen LogP contribution in [-0.2, 0) is 11.3 Å². The Labute approximate surface area is 191 Å². The van der Waals surface area contributed by atoms with Crippen LogP contribution in [0.3, 0.4) is 0 Å². The van der Waals surface area contributed by atoms with E-state index in [0.717, 1.165) is 64.6 Å². The monoisotopic (exact) mass is 451 g/mol. The number of rotatable bonds is 5. The number of hydrogen-bond acceptors (Lipinski definition) is 7. The van der Waals surface area contributed by atoms with Crippen molar-refractivity contribution in [3.05, 3.63) is 46.5 Å². The van der Waals surface area contributed by atoms with Gasteiger partial charge in [-0.3, -0.25) is 19.2 Å². The molecule has 0 spiro atoms. The van der Waals surface area contributed by atoms with Crippen LogP contribution in [0, 0.1) is 0 Å². The molecular weight excluding hydrogens is 422 g/mol. The highest BCUT2D eigenvalue weighted by atomic mass is 16.5. The third-order valence-corrected chi connectivity index (χ3v) is 6.44. The summed E-state index contributed by atoms with van der Waals surface area (Å²) in [5.41, 5.74) is 3.01. The highest BCUT2D eigenvalue weighted by Gasteiger charge is 2.20. The number of likely N-dealkylation sites (N-methyl/N-ethyl adjacent to an activating group) is 1. The summed E-state index contributed by atoms with van der Waals surface area (Å²) in [6, 6.07) is 7.46. The summed E-state index contributed by atoms with van der Waals surface area (Å²) in [6.45, 7) is 7.75. The van der Waals surface area contributed by atoms with E-state index in [-0.39, 0.29) is 11.6 Å². The maximum atomic E-state index is 12.8. The number of benzene rings is 1. The second-order valence-corrected chi connectivity index (χ2v) is 8.64. The van der Waals surface area contributed by atoms with E-state index in [1.165, 1.54) is 0 Å². The maximum absolute atomic E-state index is 12.8. The molecule has 2 aromatic heterocycles. The fourth-order valence-corrected chi connectivity index (χ4v) is 4.31. The summed E-state index contributed by atoms with van der Waals surface area (Å²) in [6.07, 6.45) is 1.65. The Balaban J connectivity index is 1.34. The molecule has 0 unspecified atom stereocenters. The molecule has 174 valence electrons. The van der Waals surface area contributed by atoms with Crippen LogP contribution in [0.25, 0.3) is 22.6 Å². The molecule has 1 N–H and O–H groups in total. The molecule has 1 amide bonds. The van der Waals surface area contributed by atoms with Crippen molar-refractivity contribution in [1.82, 2.24) is 34.2 Å². The van der Waals surface area contributed by atoms with Crippen molar-refractivity contribution in [2.24, 2.45) is 0 Å². The molecule has 4 heterocycles. The predicted octanol–water partition coefficient (Wildman–Crippen LogP) is 0.506. The topological polar surface area (TPSA) is 99.6 Å². The molecule has 3 aromatic rings. The van der Waals surface area contributed by atoms with Gasteiger partial charge >= 0.3 is 5.69 Å². The second kappa shape index (κ2) is 9.42. The molecular formula is C23H29N7O3. The van der Waals surface area contributed by atoms with Gasteiger partial charge in [0.1, 0.15) is 0 Å². The predicted molar refractivity (Wildman–Crippen MR) is 124 cm³/mol. The van der Waals surface area contributed by atoms with Gasteiger partial charge < -0.3 is 14.5 Å². The van der Waals surface area contributed by atoms with Crippen LogP contribution in [0.1, 0.15) is 10.4 Å². The summed E-state index contributed by atoms with van der Waals surface area (Å²) in [4.78, 5) is 43.6. The van der Waals surface area contributed by atoms with E-state index in [1.54, 1.807) is 10.8 Å². The zero-order valence-electron chi connectivity index (χ0n) is 18.9. The van der Waals surface area contributed by atoms with Gasteiger partial charge in [0.15, 0.2) is 11.3 Å². The number of imidazole rings is 1. The lowest BCUT2D eigenvalue weighted by molar-refractivity contribution is 0.0364. The molecule has 2 fully saturated rings. The van der Waals surface area contributed by atoms with Crippen LogP contribution in [0.2, 0.25) is 0 Å². The molecule has 0 saturated carbocycles. The fourth-order valence-electron chi connectivity index (χ4n) is 4.31. The van der Waals surface area contributed by atoms with Gasteiger partial charge in [-0.1, -0.05) is 12.1 Å². The van der Waals surface area contributed by atoms with Gasteiger partial charge in [0.05, 0.1) is 25.1 Å². The summed E-state index contributed by atoms with van der Waals surface area (Å²) in [7, 11) is 2.07. The zero-order valence-corrected chi connectivity index (χ0v) is 18.9. The van der Waals surface area contributed by atoms with Gasteiger partial charge in [0.2, 0.25) is 0 Å². The minimum Gasteiger partial charge on any atom is -0.379 e. The minimum absolute atomic E-state index is 0.0544. The van der Waals surface area contributed by atoms with Gasteiger partial charge in [-0.15, -0.1) is 0 Å². The van der Waals surface area contributed by atoms with Crippen LogP contribution in [0.5, 0.6) is 0 Å². The Morgan fingerprint density at radius 1 is 1.03 bits per heavy atom. The number of carbonyl (C=O) groups excluding carboxylic acids is 1. The van der Waals surface area contributed by atoms with Crippen molar-refractivity contribution in [3.63, 3.8) is 0 Å². The number of amides is 1. The third-order valence-electron chi connectivity index (χ3n) is 6.44. The quantitative estimate of drug-likeness (QED) is 0.603. The molecule has 5 rings (SSSR count). The standard InChI is InChI=1S/C23H29N7O3/c1-27-6-9-29(10-7-27)22(31)18-4-2-17(3-5-18)19-16-24-20-21(25-19)30(23(32)26-20)11-8-28-12-14-33-15-13-28/h2-5,16H,6-15H2,1H3,(H,24,26,32). The van der Waals surface area contributed by atoms with Crippen molar-refractivity contribution in [2.45, 2.75) is 6.54 Å². The van der Waals surface area contributed by atoms with Gasteiger partial charge in [-0.2, -0.15) is 0 Å². The Morgan fingerprint density at radius 2 is 1.76 bits per heavy atom. The molecule has 33 heavy (non-hydrogen) atoms. The number of H-pyrrole nitrogens is 1. The number of nitrogens with zero attached hydrogens (tertiary/aromatic N) is 6. The number of piperazine rings is 1. The number of nitrogens with one attached hydrogen (secondary N) is 1. The maximum Gasteiger partial charge on any atom is 0.328 e. The molecule has 0 atom stereocenters. The summed E-state index contributed by atoms with van der Waals surface area (Å²) in [5, 5.41) is 0. The van der Waals surface area contributed by atoms with E-state index >= 15 is 0 Å². The van der Waals surface area contributed by atoms with E-state index in [2.05, 4.69) is 26.8 Å². The first-order valence-corrected chi connectivity index (χ1v) is 11.4. The molecule has 0 bridgehead atoms. The number of hydrogen-bond donors (Lipinski definition) is 1. The van der Waals surface area contributed by atoms with E-state index in [0.29, 0.717) is 29.1 Å². The average molecular weight is 452 g/mol. The number of aromatic nitrogens is 4. The van der Waals surface area contributed by atoms with Crippen LogP contribution in [-0.4, -0.2) is 106 Å². The Hall–Kier alpha value is -3.08. The number of ether oxygens (including phenoxy) is 1. The van der Waals surface area contributed by atoms with E-state index < -0.39 is 0 Å². The number of morpholine rings is 1. The van der Waals surface area contributed by atoms with E-state index in [4.69, 9.17) is 9.72 Å². The van der Waals surface area contributed by atoms with Crippen molar-refractivity contribution in [2.75, 3.05) is 66.1 Å². The first-order chi connectivity index (χ1) is 16.1. The molecule has 10 nitrogen and oxygen atoms in total. The SMILES string of the molecule is CN1CCN(C(=O)c2ccc(-c3cnc4[nH]c(=O)n(CCN5CCOCC5)c4n3)cc2)CC1. The number of carbonyl (C=O) groups is 1. The Bertz CT molecular complexity index is 1170.